The van der Waals surface area contributed by atoms with Crippen LogP contribution >= 0.6 is 0 Å². The van der Waals surface area contributed by atoms with Gasteiger partial charge >= 0.3 is 0 Å². The molecule has 3 rings (SSSR count). The van der Waals surface area contributed by atoms with E-state index in [-0.39, 0.29) is 35.9 Å². The minimum atomic E-state index is -0.491. The topological polar surface area (TPSA) is 58.6 Å². The molecule has 32 heavy (non-hydrogen) atoms. The summed E-state index contributed by atoms with van der Waals surface area (Å²) in [5.74, 6) is -1.64. The fraction of sp³-hybridized carbons (Fsp3) is 0.440. The molecule has 5 nitrogen and oxygen atoms in total. The lowest BCUT2D eigenvalue weighted by Gasteiger charge is -2.31. The fourth-order valence-electron chi connectivity index (χ4n) is 3.84. The Labute approximate surface area is 187 Å². The van der Waals surface area contributed by atoms with Crippen molar-refractivity contribution in [2.24, 2.45) is 11.8 Å². The average molecular weight is 445 g/mol. The van der Waals surface area contributed by atoms with Crippen molar-refractivity contribution in [3.63, 3.8) is 0 Å². The van der Waals surface area contributed by atoms with Crippen molar-refractivity contribution in [2.45, 2.75) is 26.2 Å². The molecule has 0 bridgehead atoms. The van der Waals surface area contributed by atoms with Crippen LogP contribution in [0, 0.1) is 23.5 Å². The maximum absolute atomic E-state index is 13.6. The molecule has 2 amide bonds. The standard InChI is InChI=1S/C25H30F2N2O3/c1-18(8-9-19-4-2-6-22(26)15-19)24(30)28-17-21(14-20-5-3-7-23(27)16-20)25(31)29-10-12-32-13-11-29/h2-7,15-16,18,21H,8-14,17H2,1H3,(H,28,30)/t18-,21-/m0/s1. The van der Waals surface area contributed by atoms with E-state index >= 15 is 0 Å². The number of ether oxygens (including phenoxy) is 1. The number of amides is 2. The van der Waals surface area contributed by atoms with E-state index in [0.717, 1.165) is 5.56 Å². The van der Waals surface area contributed by atoms with Crippen LogP contribution < -0.4 is 5.32 Å². The van der Waals surface area contributed by atoms with Crippen molar-refractivity contribution in [2.75, 3.05) is 32.8 Å². The Bertz CT molecular complexity index is 916. The Morgan fingerprint density at radius 3 is 2.31 bits per heavy atom. The molecule has 0 aliphatic carbocycles. The van der Waals surface area contributed by atoms with Crippen LogP contribution in [0.3, 0.4) is 0 Å². The number of carbonyl (C=O) groups excluding carboxylic acids is 2. The minimum absolute atomic E-state index is 0.0646. The highest BCUT2D eigenvalue weighted by molar-refractivity contribution is 5.82. The smallest absolute Gasteiger partial charge is 0.227 e. The maximum Gasteiger partial charge on any atom is 0.227 e. The van der Waals surface area contributed by atoms with Crippen molar-refractivity contribution in [3.8, 4) is 0 Å². The Morgan fingerprint density at radius 1 is 1.03 bits per heavy atom. The summed E-state index contributed by atoms with van der Waals surface area (Å²) >= 11 is 0. The maximum atomic E-state index is 13.6. The van der Waals surface area contributed by atoms with Crippen LogP contribution in [0.1, 0.15) is 24.5 Å². The first-order valence-electron chi connectivity index (χ1n) is 11.1. The van der Waals surface area contributed by atoms with Crippen LogP contribution in [0.5, 0.6) is 0 Å². The second-order valence-corrected chi connectivity index (χ2v) is 8.28. The molecular weight excluding hydrogens is 414 g/mol. The number of hydrogen-bond acceptors (Lipinski definition) is 3. The molecule has 1 fully saturated rings. The highest BCUT2D eigenvalue weighted by Gasteiger charge is 2.27. The lowest BCUT2D eigenvalue weighted by atomic mass is 9.96. The Hall–Kier alpha value is -2.80. The quantitative estimate of drug-likeness (QED) is 0.645. The number of hydrogen-bond donors (Lipinski definition) is 1. The molecule has 172 valence electrons. The molecule has 1 aliphatic heterocycles. The molecule has 2 aromatic rings. The molecular formula is C25H30F2N2O3. The van der Waals surface area contributed by atoms with Gasteiger partial charge in [-0.1, -0.05) is 31.2 Å². The largest absolute Gasteiger partial charge is 0.378 e. The van der Waals surface area contributed by atoms with Crippen LogP contribution in [-0.2, 0) is 27.2 Å². The predicted octanol–water partition coefficient (Wildman–Crippen LogP) is 3.37. The van der Waals surface area contributed by atoms with Gasteiger partial charge in [-0.25, -0.2) is 8.78 Å². The van der Waals surface area contributed by atoms with Gasteiger partial charge in [0.1, 0.15) is 11.6 Å². The van der Waals surface area contributed by atoms with Crippen molar-refractivity contribution in [1.29, 1.82) is 0 Å². The summed E-state index contributed by atoms with van der Waals surface area (Å²) in [7, 11) is 0. The number of nitrogens with one attached hydrogen (secondary N) is 1. The summed E-state index contributed by atoms with van der Waals surface area (Å²) in [5.41, 5.74) is 1.56. The van der Waals surface area contributed by atoms with Crippen molar-refractivity contribution in [3.05, 3.63) is 71.3 Å². The van der Waals surface area contributed by atoms with E-state index in [1.807, 2.05) is 13.0 Å². The van der Waals surface area contributed by atoms with Crippen molar-refractivity contribution in [1.82, 2.24) is 10.2 Å². The summed E-state index contributed by atoms with van der Waals surface area (Å²) in [5, 5.41) is 2.90. The molecule has 2 atom stereocenters. The number of rotatable bonds is 9. The van der Waals surface area contributed by atoms with E-state index in [4.69, 9.17) is 4.74 Å². The lowest BCUT2D eigenvalue weighted by molar-refractivity contribution is -0.139. The van der Waals surface area contributed by atoms with Crippen molar-refractivity contribution < 1.29 is 23.1 Å². The third kappa shape index (κ3) is 7.12. The zero-order valence-corrected chi connectivity index (χ0v) is 18.4. The number of nitrogens with zero attached hydrogens (tertiary/aromatic N) is 1. The Morgan fingerprint density at radius 2 is 1.66 bits per heavy atom. The van der Waals surface area contributed by atoms with Gasteiger partial charge in [0, 0.05) is 25.6 Å². The summed E-state index contributed by atoms with van der Waals surface area (Å²) in [6, 6.07) is 12.5. The first kappa shape index (κ1) is 23.9. The third-order valence-corrected chi connectivity index (χ3v) is 5.77. The second kappa shape index (κ2) is 11.7. The molecule has 0 unspecified atom stereocenters. The van der Waals surface area contributed by atoms with E-state index in [1.54, 1.807) is 23.1 Å². The highest BCUT2D eigenvalue weighted by atomic mass is 19.1. The first-order valence-corrected chi connectivity index (χ1v) is 11.1. The molecule has 0 aromatic heterocycles. The lowest BCUT2D eigenvalue weighted by Crippen LogP contribution is -2.47. The van der Waals surface area contributed by atoms with Gasteiger partial charge in [0.05, 0.1) is 19.1 Å². The number of aryl methyl sites for hydroxylation is 1. The van der Waals surface area contributed by atoms with Gasteiger partial charge in [-0.3, -0.25) is 9.59 Å². The molecule has 0 radical (unpaired) electrons. The molecule has 1 aliphatic rings. The summed E-state index contributed by atoms with van der Waals surface area (Å²) in [6.45, 7) is 3.99. The highest BCUT2D eigenvalue weighted by Crippen LogP contribution is 2.16. The van der Waals surface area contributed by atoms with E-state index in [2.05, 4.69) is 5.32 Å². The summed E-state index contributed by atoms with van der Waals surface area (Å²) < 4.78 is 32.3. The van der Waals surface area contributed by atoms with Gasteiger partial charge in [-0.2, -0.15) is 0 Å². The zero-order valence-electron chi connectivity index (χ0n) is 18.4. The average Bonchev–Trinajstić information content (AvgIpc) is 2.80. The molecule has 7 heteroatoms. The van der Waals surface area contributed by atoms with E-state index < -0.39 is 5.92 Å². The summed E-state index contributed by atoms with van der Waals surface area (Å²) in [4.78, 5) is 27.5. The number of carbonyl (C=O) groups is 2. The monoisotopic (exact) mass is 444 g/mol. The molecule has 0 saturated carbocycles. The van der Waals surface area contributed by atoms with Gasteiger partial charge in [-0.15, -0.1) is 0 Å². The summed E-state index contributed by atoms with van der Waals surface area (Å²) in [6.07, 6.45) is 1.50. The molecule has 2 aromatic carbocycles. The van der Waals surface area contributed by atoms with Gasteiger partial charge in [0.25, 0.3) is 0 Å². The van der Waals surface area contributed by atoms with Gasteiger partial charge in [-0.05, 0) is 54.7 Å². The van der Waals surface area contributed by atoms with E-state index in [0.29, 0.717) is 51.1 Å². The predicted molar refractivity (Wildman–Crippen MR) is 118 cm³/mol. The second-order valence-electron chi connectivity index (χ2n) is 8.28. The Balaban J connectivity index is 1.58. The number of benzene rings is 2. The van der Waals surface area contributed by atoms with Crippen LogP contribution in [0.15, 0.2) is 48.5 Å². The SMILES string of the molecule is C[C@@H](CCc1cccc(F)c1)C(=O)NC[C@H](Cc1cccc(F)c1)C(=O)N1CCOCC1. The Kier molecular flexibility index (Phi) is 8.73. The normalized spacial score (nSPS) is 15.8. The van der Waals surface area contributed by atoms with E-state index in [9.17, 15) is 18.4 Å². The molecule has 1 heterocycles. The van der Waals surface area contributed by atoms with Crippen LogP contribution in [0.25, 0.3) is 0 Å². The number of halogens is 2. The van der Waals surface area contributed by atoms with Crippen LogP contribution in [0.2, 0.25) is 0 Å². The van der Waals surface area contributed by atoms with Gasteiger partial charge in [0.2, 0.25) is 11.8 Å². The van der Waals surface area contributed by atoms with E-state index in [1.165, 1.54) is 24.3 Å². The zero-order chi connectivity index (χ0) is 22.9. The number of morpholine rings is 1. The fourth-order valence-corrected chi connectivity index (χ4v) is 3.84. The molecule has 0 spiro atoms. The first-order chi connectivity index (χ1) is 15.4. The van der Waals surface area contributed by atoms with Crippen molar-refractivity contribution >= 4 is 11.8 Å². The van der Waals surface area contributed by atoms with Gasteiger partial charge < -0.3 is 15.0 Å². The van der Waals surface area contributed by atoms with Crippen LogP contribution in [-0.4, -0.2) is 49.6 Å². The van der Waals surface area contributed by atoms with Crippen LogP contribution in [0.4, 0.5) is 8.78 Å². The molecule has 1 saturated heterocycles. The van der Waals surface area contributed by atoms with Gasteiger partial charge in [0.15, 0.2) is 0 Å². The molecule has 1 N–H and O–H groups in total. The minimum Gasteiger partial charge on any atom is -0.378 e. The third-order valence-electron chi connectivity index (χ3n) is 5.77.